The molecule has 2 amide bonds. The summed E-state index contributed by atoms with van der Waals surface area (Å²) in [6.45, 7) is 0. The zero-order valence-corrected chi connectivity index (χ0v) is 9.78. The summed E-state index contributed by atoms with van der Waals surface area (Å²) in [5.74, 6) is 0. The van der Waals surface area contributed by atoms with E-state index in [4.69, 9.17) is 17.3 Å². The Kier molecular flexibility index (Phi) is 3.34. The van der Waals surface area contributed by atoms with Gasteiger partial charge in [0.15, 0.2) is 0 Å². The van der Waals surface area contributed by atoms with Gasteiger partial charge in [-0.1, -0.05) is 36.6 Å². The fourth-order valence-corrected chi connectivity index (χ4v) is 2.53. The van der Waals surface area contributed by atoms with Crippen molar-refractivity contribution in [2.24, 2.45) is 5.73 Å². The van der Waals surface area contributed by atoms with Crippen molar-refractivity contribution in [2.75, 3.05) is 4.90 Å². The minimum atomic E-state index is -0.417. The summed E-state index contributed by atoms with van der Waals surface area (Å²) < 4.78 is 0. The lowest BCUT2D eigenvalue weighted by Gasteiger charge is -2.27. The van der Waals surface area contributed by atoms with Crippen LogP contribution in [0.2, 0.25) is 5.02 Å². The monoisotopic (exact) mass is 238 g/mol. The van der Waals surface area contributed by atoms with Crippen LogP contribution in [0.25, 0.3) is 0 Å². The number of rotatable bonds is 2. The van der Waals surface area contributed by atoms with Crippen LogP contribution in [0.3, 0.4) is 0 Å². The zero-order valence-electron chi connectivity index (χ0n) is 9.03. The van der Waals surface area contributed by atoms with Gasteiger partial charge in [-0.05, 0) is 25.0 Å². The van der Waals surface area contributed by atoms with Gasteiger partial charge < -0.3 is 5.73 Å². The Balaban J connectivity index is 2.32. The van der Waals surface area contributed by atoms with Gasteiger partial charge in [-0.25, -0.2) is 4.79 Å². The molecule has 0 unspecified atom stereocenters. The molecule has 1 saturated carbocycles. The number of para-hydroxylation sites is 1. The summed E-state index contributed by atoms with van der Waals surface area (Å²) in [6.07, 6.45) is 4.32. The third-order valence-electron chi connectivity index (χ3n) is 3.04. The van der Waals surface area contributed by atoms with E-state index in [1.54, 1.807) is 11.0 Å². The summed E-state index contributed by atoms with van der Waals surface area (Å²) in [5.41, 5.74) is 6.17. The molecule has 2 rings (SSSR count). The molecule has 1 fully saturated rings. The van der Waals surface area contributed by atoms with Gasteiger partial charge in [0.1, 0.15) is 0 Å². The van der Waals surface area contributed by atoms with Crippen molar-refractivity contribution < 1.29 is 4.79 Å². The average molecular weight is 239 g/mol. The molecule has 0 saturated heterocycles. The molecule has 1 aromatic carbocycles. The standard InChI is InChI=1S/C12H15ClN2O/c13-10-7-3-4-8-11(10)15(12(14)16)9-5-1-2-6-9/h3-4,7-9H,1-2,5-6H2,(H2,14,16). The van der Waals surface area contributed by atoms with Crippen LogP contribution in [0.4, 0.5) is 10.5 Å². The fourth-order valence-electron chi connectivity index (χ4n) is 2.30. The topological polar surface area (TPSA) is 46.3 Å². The highest BCUT2D eigenvalue weighted by Crippen LogP contribution is 2.32. The first-order valence-corrected chi connectivity index (χ1v) is 5.91. The maximum Gasteiger partial charge on any atom is 0.319 e. The number of hydrogen-bond acceptors (Lipinski definition) is 1. The molecule has 0 spiro atoms. The molecule has 0 aliphatic heterocycles. The molecule has 0 aromatic heterocycles. The molecule has 3 nitrogen and oxygen atoms in total. The SMILES string of the molecule is NC(=O)N(c1ccccc1Cl)C1CCCC1. The van der Waals surface area contributed by atoms with Gasteiger partial charge in [-0.3, -0.25) is 4.90 Å². The largest absolute Gasteiger partial charge is 0.351 e. The van der Waals surface area contributed by atoms with Crippen molar-refractivity contribution in [2.45, 2.75) is 31.7 Å². The first-order chi connectivity index (χ1) is 7.70. The van der Waals surface area contributed by atoms with Crippen LogP contribution in [-0.4, -0.2) is 12.1 Å². The highest BCUT2D eigenvalue weighted by Gasteiger charge is 2.27. The van der Waals surface area contributed by atoms with Crippen LogP contribution in [0.5, 0.6) is 0 Å². The number of carbonyl (C=O) groups is 1. The minimum Gasteiger partial charge on any atom is -0.351 e. The lowest BCUT2D eigenvalue weighted by molar-refractivity contribution is 0.251. The van der Waals surface area contributed by atoms with Crippen LogP contribution in [0.15, 0.2) is 24.3 Å². The van der Waals surface area contributed by atoms with E-state index in [1.807, 2.05) is 18.2 Å². The van der Waals surface area contributed by atoms with Crippen molar-refractivity contribution in [1.29, 1.82) is 0 Å². The number of primary amides is 1. The van der Waals surface area contributed by atoms with E-state index in [1.165, 1.54) is 0 Å². The first kappa shape index (κ1) is 11.3. The van der Waals surface area contributed by atoms with Crippen molar-refractivity contribution in [1.82, 2.24) is 0 Å². The van der Waals surface area contributed by atoms with E-state index >= 15 is 0 Å². The predicted molar refractivity (Wildman–Crippen MR) is 65.8 cm³/mol. The Labute approximate surface area is 100 Å². The zero-order chi connectivity index (χ0) is 11.5. The van der Waals surface area contributed by atoms with Crippen LogP contribution in [0, 0.1) is 0 Å². The second-order valence-corrected chi connectivity index (χ2v) is 4.51. The molecule has 1 aromatic rings. The second kappa shape index (κ2) is 4.74. The van der Waals surface area contributed by atoms with Gasteiger partial charge >= 0.3 is 6.03 Å². The Morgan fingerprint density at radius 1 is 1.31 bits per heavy atom. The van der Waals surface area contributed by atoms with E-state index in [0.717, 1.165) is 31.4 Å². The van der Waals surface area contributed by atoms with Gasteiger partial charge in [0.2, 0.25) is 0 Å². The normalized spacial score (nSPS) is 16.3. The number of amides is 2. The lowest BCUT2D eigenvalue weighted by atomic mass is 10.2. The Morgan fingerprint density at radius 2 is 1.94 bits per heavy atom. The van der Waals surface area contributed by atoms with Crippen LogP contribution in [0.1, 0.15) is 25.7 Å². The maximum absolute atomic E-state index is 11.5. The van der Waals surface area contributed by atoms with E-state index in [-0.39, 0.29) is 6.04 Å². The predicted octanol–water partition coefficient (Wildman–Crippen LogP) is 3.17. The van der Waals surface area contributed by atoms with E-state index < -0.39 is 6.03 Å². The van der Waals surface area contributed by atoms with Gasteiger partial charge in [0, 0.05) is 6.04 Å². The molecule has 0 bridgehead atoms. The van der Waals surface area contributed by atoms with E-state index in [2.05, 4.69) is 0 Å². The van der Waals surface area contributed by atoms with E-state index in [0.29, 0.717) is 5.02 Å². The Morgan fingerprint density at radius 3 is 2.50 bits per heavy atom. The number of urea groups is 1. The molecule has 2 N–H and O–H groups in total. The average Bonchev–Trinajstić information content (AvgIpc) is 2.74. The molecule has 0 heterocycles. The smallest absolute Gasteiger partial charge is 0.319 e. The molecule has 0 radical (unpaired) electrons. The summed E-state index contributed by atoms with van der Waals surface area (Å²) in [6, 6.07) is 7.12. The summed E-state index contributed by atoms with van der Waals surface area (Å²) in [4.78, 5) is 13.2. The third-order valence-corrected chi connectivity index (χ3v) is 3.36. The molecule has 86 valence electrons. The fraction of sp³-hybridized carbons (Fsp3) is 0.417. The second-order valence-electron chi connectivity index (χ2n) is 4.10. The molecular weight excluding hydrogens is 224 g/mol. The van der Waals surface area contributed by atoms with Gasteiger partial charge in [-0.15, -0.1) is 0 Å². The maximum atomic E-state index is 11.5. The molecular formula is C12H15ClN2O. The molecule has 4 heteroatoms. The number of halogens is 1. The highest BCUT2D eigenvalue weighted by atomic mass is 35.5. The molecule has 16 heavy (non-hydrogen) atoms. The minimum absolute atomic E-state index is 0.206. The molecule has 1 aliphatic carbocycles. The first-order valence-electron chi connectivity index (χ1n) is 5.53. The Hall–Kier alpha value is -1.22. The van der Waals surface area contributed by atoms with Crippen LogP contribution in [-0.2, 0) is 0 Å². The number of anilines is 1. The van der Waals surface area contributed by atoms with Gasteiger partial charge in [0.05, 0.1) is 10.7 Å². The summed E-state index contributed by atoms with van der Waals surface area (Å²) in [5, 5.41) is 0.577. The third kappa shape index (κ3) is 2.14. The van der Waals surface area contributed by atoms with Gasteiger partial charge in [-0.2, -0.15) is 0 Å². The van der Waals surface area contributed by atoms with Crippen molar-refractivity contribution >= 4 is 23.3 Å². The number of nitrogens with two attached hydrogens (primary N) is 1. The quantitative estimate of drug-likeness (QED) is 0.845. The summed E-state index contributed by atoms with van der Waals surface area (Å²) >= 11 is 6.09. The van der Waals surface area contributed by atoms with Crippen molar-refractivity contribution in [3.8, 4) is 0 Å². The number of hydrogen-bond donors (Lipinski definition) is 1. The number of benzene rings is 1. The van der Waals surface area contributed by atoms with Gasteiger partial charge in [0.25, 0.3) is 0 Å². The van der Waals surface area contributed by atoms with Crippen LogP contribution < -0.4 is 10.6 Å². The highest BCUT2D eigenvalue weighted by molar-refractivity contribution is 6.33. The Bertz CT molecular complexity index is 388. The van der Waals surface area contributed by atoms with Crippen molar-refractivity contribution in [3.63, 3.8) is 0 Å². The number of nitrogens with zero attached hydrogens (tertiary/aromatic N) is 1. The summed E-state index contributed by atoms with van der Waals surface area (Å²) in [7, 11) is 0. The van der Waals surface area contributed by atoms with E-state index in [9.17, 15) is 4.79 Å². The van der Waals surface area contributed by atoms with Crippen molar-refractivity contribution in [3.05, 3.63) is 29.3 Å². The lowest BCUT2D eigenvalue weighted by Crippen LogP contribution is -2.42. The number of carbonyl (C=O) groups excluding carboxylic acids is 1. The van der Waals surface area contributed by atoms with Crippen LogP contribution >= 0.6 is 11.6 Å². The molecule has 1 aliphatic rings. The molecule has 0 atom stereocenters.